The average molecular weight is 220 g/mol. The standard InChI is InChI=1S/C13H20N2O/c1-3-6-13(16)15(9-4-2)12-8-5-7-11(14)10-12/h5,7-8,10H,3-4,6,9,14H2,1-2H3. The van der Waals surface area contributed by atoms with Gasteiger partial charge in [-0.15, -0.1) is 0 Å². The van der Waals surface area contributed by atoms with Gasteiger partial charge in [-0.3, -0.25) is 4.79 Å². The van der Waals surface area contributed by atoms with E-state index in [1.165, 1.54) is 0 Å². The predicted octanol–water partition coefficient (Wildman–Crippen LogP) is 2.81. The van der Waals surface area contributed by atoms with Crippen molar-refractivity contribution in [2.45, 2.75) is 33.1 Å². The molecular weight excluding hydrogens is 200 g/mol. The molecule has 3 nitrogen and oxygen atoms in total. The molecule has 2 N–H and O–H groups in total. The topological polar surface area (TPSA) is 46.3 Å². The molecule has 1 aromatic carbocycles. The van der Waals surface area contributed by atoms with Gasteiger partial charge in [0.2, 0.25) is 5.91 Å². The van der Waals surface area contributed by atoms with E-state index in [1.54, 1.807) is 0 Å². The highest BCUT2D eigenvalue weighted by Gasteiger charge is 2.13. The molecule has 3 heteroatoms. The highest BCUT2D eigenvalue weighted by molar-refractivity contribution is 5.93. The fourth-order valence-corrected chi connectivity index (χ4v) is 1.66. The Kier molecular flexibility index (Phi) is 4.83. The monoisotopic (exact) mass is 220 g/mol. The lowest BCUT2D eigenvalue weighted by Crippen LogP contribution is -2.31. The molecule has 0 unspecified atom stereocenters. The average Bonchev–Trinajstić information content (AvgIpc) is 2.26. The zero-order valence-corrected chi connectivity index (χ0v) is 10.1. The molecule has 0 heterocycles. The Hall–Kier alpha value is -1.51. The van der Waals surface area contributed by atoms with Crippen molar-refractivity contribution in [3.05, 3.63) is 24.3 Å². The predicted molar refractivity (Wildman–Crippen MR) is 68.4 cm³/mol. The minimum Gasteiger partial charge on any atom is -0.399 e. The normalized spacial score (nSPS) is 10.1. The molecule has 1 rings (SSSR count). The molecule has 0 aromatic heterocycles. The van der Waals surface area contributed by atoms with Crippen LogP contribution in [0.5, 0.6) is 0 Å². The van der Waals surface area contributed by atoms with Gasteiger partial charge in [0.15, 0.2) is 0 Å². The first-order valence-electron chi connectivity index (χ1n) is 5.85. The molecular formula is C13H20N2O. The zero-order valence-electron chi connectivity index (χ0n) is 10.1. The molecule has 0 fully saturated rings. The van der Waals surface area contributed by atoms with Gasteiger partial charge in [0.1, 0.15) is 0 Å². The number of carbonyl (C=O) groups is 1. The van der Waals surface area contributed by atoms with Crippen molar-refractivity contribution in [1.29, 1.82) is 0 Å². The molecule has 1 aromatic rings. The second kappa shape index (κ2) is 6.16. The summed E-state index contributed by atoms with van der Waals surface area (Å²) in [5.74, 6) is 0.176. The number of rotatable bonds is 5. The van der Waals surface area contributed by atoms with Crippen LogP contribution in [0.2, 0.25) is 0 Å². The molecule has 16 heavy (non-hydrogen) atoms. The maximum Gasteiger partial charge on any atom is 0.226 e. The van der Waals surface area contributed by atoms with Crippen molar-refractivity contribution < 1.29 is 4.79 Å². The van der Waals surface area contributed by atoms with E-state index < -0.39 is 0 Å². The van der Waals surface area contributed by atoms with E-state index in [0.29, 0.717) is 12.1 Å². The molecule has 0 aliphatic carbocycles. The van der Waals surface area contributed by atoms with Gasteiger partial charge in [-0.25, -0.2) is 0 Å². The van der Waals surface area contributed by atoms with Crippen LogP contribution in [-0.2, 0) is 4.79 Å². The van der Waals surface area contributed by atoms with Gasteiger partial charge in [0, 0.05) is 24.3 Å². The van der Waals surface area contributed by atoms with E-state index in [-0.39, 0.29) is 5.91 Å². The largest absolute Gasteiger partial charge is 0.399 e. The summed E-state index contributed by atoms with van der Waals surface area (Å²) in [4.78, 5) is 13.7. The van der Waals surface area contributed by atoms with E-state index in [2.05, 4.69) is 6.92 Å². The first kappa shape index (κ1) is 12.6. The van der Waals surface area contributed by atoms with Crippen molar-refractivity contribution in [3.8, 4) is 0 Å². The molecule has 0 saturated carbocycles. The Balaban J connectivity index is 2.88. The lowest BCUT2D eigenvalue weighted by atomic mass is 10.2. The van der Waals surface area contributed by atoms with Crippen LogP contribution in [0.1, 0.15) is 33.1 Å². The van der Waals surface area contributed by atoms with Crippen LogP contribution in [-0.4, -0.2) is 12.5 Å². The maximum absolute atomic E-state index is 11.9. The summed E-state index contributed by atoms with van der Waals surface area (Å²) < 4.78 is 0. The van der Waals surface area contributed by atoms with Gasteiger partial charge in [-0.2, -0.15) is 0 Å². The van der Waals surface area contributed by atoms with Crippen LogP contribution in [0.25, 0.3) is 0 Å². The van der Waals surface area contributed by atoms with Crippen molar-refractivity contribution in [1.82, 2.24) is 0 Å². The fraction of sp³-hybridized carbons (Fsp3) is 0.462. The molecule has 0 saturated heterocycles. The van der Waals surface area contributed by atoms with E-state index in [9.17, 15) is 4.79 Å². The van der Waals surface area contributed by atoms with Gasteiger partial charge in [0.05, 0.1) is 0 Å². The highest BCUT2D eigenvalue weighted by atomic mass is 16.2. The Morgan fingerprint density at radius 2 is 2.06 bits per heavy atom. The maximum atomic E-state index is 11.9. The summed E-state index contributed by atoms with van der Waals surface area (Å²) in [6.07, 6.45) is 2.42. The number of benzene rings is 1. The van der Waals surface area contributed by atoms with Crippen molar-refractivity contribution in [2.24, 2.45) is 0 Å². The van der Waals surface area contributed by atoms with E-state index in [0.717, 1.165) is 25.1 Å². The fourth-order valence-electron chi connectivity index (χ4n) is 1.66. The van der Waals surface area contributed by atoms with E-state index >= 15 is 0 Å². The van der Waals surface area contributed by atoms with E-state index in [1.807, 2.05) is 36.1 Å². The molecule has 88 valence electrons. The summed E-state index contributed by atoms with van der Waals surface area (Å²) in [6.45, 7) is 4.84. The summed E-state index contributed by atoms with van der Waals surface area (Å²) in [6, 6.07) is 7.49. The second-order valence-corrected chi connectivity index (χ2v) is 3.89. The number of nitrogens with two attached hydrogens (primary N) is 1. The quantitative estimate of drug-likeness (QED) is 0.775. The van der Waals surface area contributed by atoms with Gasteiger partial charge < -0.3 is 10.6 Å². The summed E-state index contributed by atoms with van der Waals surface area (Å²) in [7, 11) is 0. The van der Waals surface area contributed by atoms with Gasteiger partial charge in [-0.1, -0.05) is 19.9 Å². The first-order chi connectivity index (χ1) is 7.69. The third-order valence-electron chi connectivity index (χ3n) is 2.39. The first-order valence-corrected chi connectivity index (χ1v) is 5.85. The summed E-state index contributed by atoms with van der Waals surface area (Å²) in [5.41, 5.74) is 7.33. The second-order valence-electron chi connectivity index (χ2n) is 3.89. The Labute approximate surface area is 97.2 Å². The lowest BCUT2D eigenvalue weighted by Gasteiger charge is -2.22. The summed E-state index contributed by atoms with van der Waals surface area (Å²) >= 11 is 0. The third-order valence-corrected chi connectivity index (χ3v) is 2.39. The van der Waals surface area contributed by atoms with Crippen LogP contribution in [0, 0.1) is 0 Å². The Bertz CT molecular complexity index is 350. The zero-order chi connectivity index (χ0) is 12.0. The molecule has 0 atom stereocenters. The van der Waals surface area contributed by atoms with Crippen LogP contribution in [0.15, 0.2) is 24.3 Å². The smallest absolute Gasteiger partial charge is 0.226 e. The molecule has 0 bridgehead atoms. The molecule has 0 aliphatic rings. The van der Waals surface area contributed by atoms with Crippen LogP contribution >= 0.6 is 0 Å². The number of hydrogen-bond acceptors (Lipinski definition) is 2. The Morgan fingerprint density at radius 1 is 1.31 bits per heavy atom. The number of carbonyl (C=O) groups excluding carboxylic acids is 1. The van der Waals surface area contributed by atoms with Gasteiger partial charge >= 0.3 is 0 Å². The van der Waals surface area contributed by atoms with Crippen molar-refractivity contribution in [2.75, 3.05) is 17.2 Å². The molecule has 1 amide bonds. The SMILES string of the molecule is CCCC(=O)N(CCC)c1cccc(N)c1. The van der Waals surface area contributed by atoms with Crippen molar-refractivity contribution in [3.63, 3.8) is 0 Å². The highest BCUT2D eigenvalue weighted by Crippen LogP contribution is 2.19. The minimum absolute atomic E-state index is 0.176. The van der Waals surface area contributed by atoms with Crippen LogP contribution < -0.4 is 10.6 Å². The van der Waals surface area contributed by atoms with E-state index in [4.69, 9.17) is 5.73 Å². The number of nitrogen functional groups attached to an aromatic ring is 1. The number of nitrogens with zero attached hydrogens (tertiary/aromatic N) is 1. The summed E-state index contributed by atoms with van der Waals surface area (Å²) in [5, 5.41) is 0. The van der Waals surface area contributed by atoms with Crippen LogP contribution in [0.4, 0.5) is 11.4 Å². The van der Waals surface area contributed by atoms with Crippen molar-refractivity contribution >= 4 is 17.3 Å². The molecule has 0 radical (unpaired) electrons. The number of anilines is 2. The minimum atomic E-state index is 0.176. The van der Waals surface area contributed by atoms with Gasteiger partial charge in [0.25, 0.3) is 0 Å². The Morgan fingerprint density at radius 3 is 2.62 bits per heavy atom. The number of hydrogen-bond donors (Lipinski definition) is 1. The van der Waals surface area contributed by atoms with Crippen LogP contribution in [0.3, 0.4) is 0 Å². The number of amides is 1. The molecule has 0 spiro atoms. The third kappa shape index (κ3) is 3.26. The lowest BCUT2D eigenvalue weighted by molar-refractivity contribution is -0.118. The molecule has 0 aliphatic heterocycles. The van der Waals surface area contributed by atoms with Gasteiger partial charge in [-0.05, 0) is 31.0 Å².